The number of alkyl carbamates (subject to hydrolysis) is 1. The minimum atomic E-state index is -0.532. The number of amides is 1. The van der Waals surface area contributed by atoms with E-state index in [0.717, 1.165) is 10.9 Å². The molecule has 17 heavy (non-hydrogen) atoms. The fourth-order valence-corrected chi connectivity index (χ4v) is 1.82. The van der Waals surface area contributed by atoms with Gasteiger partial charge in [0.2, 0.25) is 0 Å². The Labute approximate surface area is 104 Å². The smallest absolute Gasteiger partial charge is 0.413 e. The number of nitrogens with one attached hydrogen (secondary N) is 1. The molecule has 0 aliphatic heterocycles. The minimum Gasteiger partial charge on any atom is -0.450 e. The van der Waals surface area contributed by atoms with Gasteiger partial charge in [-0.25, -0.2) is 4.79 Å². The molecular formula is C12H12N2O2S. The highest BCUT2D eigenvalue weighted by atomic mass is 32.1. The number of para-hydroxylation sites is 1. The first kappa shape index (κ1) is 11.6. The van der Waals surface area contributed by atoms with E-state index in [4.69, 9.17) is 17.0 Å². The Bertz CT molecular complexity index is 562. The lowest BCUT2D eigenvalue weighted by Gasteiger charge is -2.08. The molecule has 0 radical (unpaired) electrons. The molecule has 0 aliphatic carbocycles. The summed E-state index contributed by atoms with van der Waals surface area (Å²) in [5, 5.41) is 3.89. The van der Waals surface area contributed by atoms with Crippen LogP contribution in [0, 0.1) is 0 Å². The molecule has 2 aromatic rings. The van der Waals surface area contributed by atoms with E-state index in [-0.39, 0.29) is 0 Å². The van der Waals surface area contributed by atoms with Crippen LogP contribution in [0.15, 0.2) is 36.5 Å². The third kappa shape index (κ3) is 2.45. The average Bonchev–Trinajstić information content (AvgIpc) is 2.72. The van der Waals surface area contributed by atoms with Crippen LogP contribution in [0.3, 0.4) is 0 Å². The lowest BCUT2D eigenvalue weighted by molar-refractivity contribution is 0.158. The van der Waals surface area contributed by atoms with Crippen molar-refractivity contribution in [3.8, 4) is 0 Å². The van der Waals surface area contributed by atoms with E-state index in [1.165, 1.54) is 0 Å². The van der Waals surface area contributed by atoms with Gasteiger partial charge in [-0.2, -0.15) is 0 Å². The zero-order valence-electron chi connectivity index (χ0n) is 9.34. The van der Waals surface area contributed by atoms with Crippen molar-refractivity contribution in [2.45, 2.75) is 6.92 Å². The number of benzene rings is 1. The van der Waals surface area contributed by atoms with Gasteiger partial charge < -0.3 is 4.74 Å². The van der Waals surface area contributed by atoms with Gasteiger partial charge in [-0.05, 0) is 31.3 Å². The standard InChI is InChI=1S/C12H12N2O2S/c1-2-16-12(15)13-11(17)14-8-7-9-5-3-4-6-10(9)14/h3-8H,2H2,1H3,(H,13,15,17). The second kappa shape index (κ2) is 4.97. The molecule has 0 saturated heterocycles. The van der Waals surface area contributed by atoms with Gasteiger partial charge in [0.25, 0.3) is 0 Å². The molecule has 0 saturated carbocycles. The summed E-state index contributed by atoms with van der Waals surface area (Å²) in [6, 6.07) is 9.74. The van der Waals surface area contributed by atoms with Gasteiger partial charge in [0.1, 0.15) is 0 Å². The molecule has 88 valence electrons. The Balaban J connectivity index is 2.22. The number of aromatic nitrogens is 1. The zero-order chi connectivity index (χ0) is 12.3. The molecule has 0 aliphatic rings. The maximum Gasteiger partial charge on any atom is 0.413 e. The molecule has 1 heterocycles. The lowest BCUT2D eigenvalue weighted by Crippen LogP contribution is -2.33. The summed E-state index contributed by atoms with van der Waals surface area (Å²) < 4.78 is 6.51. The quantitative estimate of drug-likeness (QED) is 0.789. The fraction of sp³-hybridized carbons (Fsp3) is 0.167. The average molecular weight is 248 g/mol. The van der Waals surface area contributed by atoms with Crippen LogP contribution in [-0.2, 0) is 4.74 Å². The molecule has 0 atom stereocenters. The number of hydrogen-bond donors (Lipinski definition) is 1. The van der Waals surface area contributed by atoms with Gasteiger partial charge in [-0.1, -0.05) is 18.2 Å². The van der Waals surface area contributed by atoms with Crippen LogP contribution < -0.4 is 5.32 Å². The molecule has 5 heteroatoms. The Kier molecular flexibility index (Phi) is 3.39. The van der Waals surface area contributed by atoms with E-state index in [2.05, 4.69) is 5.32 Å². The Morgan fingerprint density at radius 3 is 2.94 bits per heavy atom. The normalized spacial score (nSPS) is 10.2. The number of hydrogen-bond acceptors (Lipinski definition) is 3. The van der Waals surface area contributed by atoms with E-state index in [9.17, 15) is 4.79 Å². The number of thiocarbonyl (C=S) groups is 1. The van der Waals surface area contributed by atoms with Gasteiger partial charge >= 0.3 is 6.09 Å². The number of carbonyl (C=O) groups is 1. The Morgan fingerprint density at radius 1 is 1.41 bits per heavy atom. The van der Waals surface area contributed by atoms with Gasteiger partial charge in [0.05, 0.1) is 12.1 Å². The van der Waals surface area contributed by atoms with Crippen LogP contribution >= 0.6 is 12.2 Å². The maximum atomic E-state index is 11.3. The molecule has 1 aromatic carbocycles. The Morgan fingerprint density at radius 2 is 2.18 bits per heavy atom. The second-order valence-corrected chi connectivity index (χ2v) is 3.78. The lowest BCUT2D eigenvalue weighted by atomic mass is 10.2. The van der Waals surface area contributed by atoms with E-state index >= 15 is 0 Å². The van der Waals surface area contributed by atoms with Crippen LogP contribution in [0.1, 0.15) is 6.92 Å². The van der Waals surface area contributed by atoms with E-state index < -0.39 is 6.09 Å². The van der Waals surface area contributed by atoms with Crippen molar-refractivity contribution in [2.75, 3.05) is 6.61 Å². The number of ether oxygens (including phenoxy) is 1. The molecular weight excluding hydrogens is 236 g/mol. The van der Waals surface area contributed by atoms with Crippen molar-refractivity contribution in [3.63, 3.8) is 0 Å². The summed E-state index contributed by atoms with van der Waals surface area (Å²) in [4.78, 5) is 11.3. The van der Waals surface area contributed by atoms with Crippen LogP contribution in [0.5, 0.6) is 0 Å². The molecule has 0 fully saturated rings. The second-order valence-electron chi connectivity index (χ2n) is 3.40. The largest absolute Gasteiger partial charge is 0.450 e. The maximum absolute atomic E-state index is 11.3. The predicted molar refractivity (Wildman–Crippen MR) is 70.1 cm³/mol. The summed E-state index contributed by atoms with van der Waals surface area (Å²) >= 11 is 5.14. The molecule has 0 unspecified atom stereocenters. The minimum absolute atomic E-state index is 0.310. The third-order valence-corrected chi connectivity index (χ3v) is 2.60. The third-order valence-electron chi connectivity index (χ3n) is 2.30. The fourth-order valence-electron chi connectivity index (χ4n) is 1.57. The first-order chi connectivity index (χ1) is 8.22. The number of rotatable bonds is 1. The van der Waals surface area contributed by atoms with E-state index in [0.29, 0.717) is 11.7 Å². The molecule has 4 nitrogen and oxygen atoms in total. The van der Waals surface area contributed by atoms with Crippen LogP contribution in [0.25, 0.3) is 10.9 Å². The zero-order valence-corrected chi connectivity index (χ0v) is 10.2. The molecule has 0 spiro atoms. The summed E-state index contributed by atoms with van der Waals surface area (Å²) in [7, 11) is 0. The van der Waals surface area contributed by atoms with Crippen molar-refractivity contribution in [2.24, 2.45) is 0 Å². The Hall–Kier alpha value is -1.88. The van der Waals surface area contributed by atoms with Crippen molar-refractivity contribution in [3.05, 3.63) is 36.5 Å². The van der Waals surface area contributed by atoms with Crippen LogP contribution in [0.2, 0.25) is 0 Å². The van der Waals surface area contributed by atoms with Crippen molar-refractivity contribution >= 4 is 34.3 Å². The first-order valence-electron chi connectivity index (χ1n) is 5.26. The van der Waals surface area contributed by atoms with Crippen LogP contribution in [0.4, 0.5) is 4.79 Å². The summed E-state index contributed by atoms with van der Waals surface area (Å²) in [5.74, 6) is 0. The molecule has 1 N–H and O–H groups in total. The van der Waals surface area contributed by atoms with Crippen molar-refractivity contribution in [1.29, 1.82) is 0 Å². The highest BCUT2D eigenvalue weighted by Crippen LogP contribution is 2.14. The summed E-state index contributed by atoms with van der Waals surface area (Å²) in [6.45, 7) is 2.06. The van der Waals surface area contributed by atoms with Crippen molar-refractivity contribution in [1.82, 2.24) is 9.88 Å². The number of fused-ring (bicyclic) bond motifs is 1. The summed E-state index contributed by atoms with van der Waals surface area (Å²) in [5.41, 5.74) is 0.953. The predicted octanol–water partition coefficient (Wildman–Crippen LogP) is 2.52. The van der Waals surface area contributed by atoms with E-state index in [1.807, 2.05) is 36.5 Å². The highest BCUT2D eigenvalue weighted by Gasteiger charge is 2.08. The highest BCUT2D eigenvalue weighted by molar-refractivity contribution is 7.80. The topological polar surface area (TPSA) is 43.3 Å². The van der Waals surface area contributed by atoms with Crippen LogP contribution in [-0.4, -0.2) is 22.4 Å². The molecule has 1 amide bonds. The SMILES string of the molecule is CCOC(=O)NC(=S)n1ccc2ccccc21. The monoisotopic (exact) mass is 248 g/mol. The summed E-state index contributed by atoms with van der Waals surface area (Å²) in [6.07, 6.45) is 1.29. The van der Waals surface area contributed by atoms with Gasteiger partial charge in [0, 0.05) is 11.6 Å². The van der Waals surface area contributed by atoms with Gasteiger partial charge in [-0.15, -0.1) is 0 Å². The van der Waals surface area contributed by atoms with Crippen molar-refractivity contribution < 1.29 is 9.53 Å². The van der Waals surface area contributed by atoms with E-state index in [1.54, 1.807) is 11.5 Å². The molecule has 1 aromatic heterocycles. The van der Waals surface area contributed by atoms with Gasteiger partial charge in [0.15, 0.2) is 5.11 Å². The number of carbonyl (C=O) groups excluding carboxylic acids is 1. The first-order valence-corrected chi connectivity index (χ1v) is 5.67. The van der Waals surface area contributed by atoms with Gasteiger partial charge in [-0.3, -0.25) is 9.88 Å². The number of nitrogens with zero attached hydrogens (tertiary/aromatic N) is 1. The molecule has 2 rings (SSSR count). The molecule has 0 bridgehead atoms.